The van der Waals surface area contributed by atoms with E-state index in [9.17, 15) is 9.50 Å². The molecule has 4 heterocycles. The van der Waals surface area contributed by atoms with Gasteiger partial charge in [-0.2, -0.15) is 0 Å². The monoisotopic (exact) mass is 487 g/mol. The average Bonchev–Trinajstić information content (AvgIpc) is 3.32. The molecule has 0 unspecified atom stereocenters. The highest BCUT2D eigenvalue weighted by molar-refractivity contribution is 6.42. The van der Waals surface area contributed by atoms with Crippen LogP contribution in [0.4, 0.5) is 4.39 Å². The van der Waals surface area contributed by atoms with Crippen LogP contribution in [0.5, 0.6) is 0 Å². The van der Waals surface area contributed by atoms with Crippen molar-refractivity contribution in [2.45, 2.75) is 50.3 Å². The van der Waals surface area contributed by atoms with Crippen LogP contribution in [0.1, 0.15) is 31.7 Å². The summed E-state index contributed by atoms with van der Waals surface area (Å²) in [5.74, 6) is -1.52. The zero-order valence-electron chi connectivity index (χ0n) is 16.3. The number of hydrogen-bond acceptors (Lipinski definition) is 6. The quantitative estimate of drug-likeness (QED) is 0.539. The van der Waals surface area contributed by atoms with Gasteiger partial charge in [0.2, 0.25) is 0 Å². The summed E-state index contributed by atoms with van der Waals surface area (Å²) >= 11 is 18.2. The topological polar surface area (TPSA) is 78.6 Å². The molecule has 0 radical (unpaired) electrons. The van der Waals surface area contributed by atoms with Crippen LogP contribution in [-0.4, -0.2) is 43.7 Å². The van der Waals surface area contributed by atoms with Gasteiger partial charge in [-0.3, -0.25) is 0 Å². The third-order valence-electron chi connectivity index (χ3n) is 5.45. The third kappa shape index (κ3) is 3.51. The molecule has 2 fully saturated rings. The fourth-order valence-corrected chi connectivity index (χ4v) is 4.70. The predicted molar refractivity (Wildman–Crippen MR) is 112 cm³/mol. The number of halogens is 4. The maximum Gasteiger partial charge on any atom is 0.165 e. The Labute approximate surface area is 191 Å². The molecule has 5 rings (SSSR count). The lowest BCUT2D eigenvalue weighted by atomic mass is 9.99. The Hall–Kier alpha value is -1.52. The van der Waals surface area contributed by atoms with E-state index in [1.54, 1.807) is 32.0 Å². The fraction of sp³-hybridized carbons (Fsp3) is 0.400. The van der Waals surface area contributed by atoms with Gasteiger partial charge < -0.3 is 23.9 Å². The first-order valence-electron chi connectivity index (χ1n) is 9.47. The van der Waals surface area contributed by atoms with Gasteiger partial charge in [0.05, 0.1) is 15.4 Å². The molecule has 0 spiro atoms. The van der Waals surface area contributed by atoms with Crippen LogP contribution in [0.15, 0.2) is 30.7 Å². The molecule has 1 N–H and O–H groups in total. The molecule has 0 bridgehead atoms. The van der Waals surface area contributed by atoms with Gasteiger partial charge >= 0.3 is 0 Å². The minimum Gasteiger partial charge on any atom is -0.386 e. The van der Waals surface area contributed by atoms with Crippen molar-refractivity contribution < 1.29 is 23.7 Å². The van der Waals surface area contributed by atoms with Gasteiger partial charge in [0, 0.05) is 6.20 Å². The lowest BCUT2D eigenvalue weighted by molar-refractivity contribution is -0.207. The highest BCUT2D eigenvalue weighted by Gasteiger charge is 2.58. The molecule has 7 nitrogen and oxygen atoms in total. The largest absolute Gasteiger partial charge is 0.386 e. The molecule has 5 atom stereocenters. The van der Waals surface area contributed by atoms with Crippen molar-refractivity contribution in [1.29, 1.82) is 0 Å². The number of aliphatic hydroxyl groups is 1. The third-order valence-corrected chi connectivity index (χ3v) is 6.48. The maximum absolute atomic E-state index is 14.6. The number of ether oxygens (including phenoxy) is 3. The predicted octanol–water partition coefficient (Wildman–Crippen LogP) is 4.68. The van der Waals surface area contributed by atoms with E-state index >= 15 is 0 Å². The summed E-state index contributed by atoms with van der Waals surface area (Å²) in [6.45, 7) is 3.52. The van der Waals surface area contributed by atoms with Crippen LogP contribution in [0.2, 0.25) is 15.2 Å². The van der Waals surface area contributed by atoms with E-state index < -0.39 is 42.2 Å². The van der Waals surface area contributed by atoms with Crippen LogP contribution >= 0.6 is 34.8 Å². The lowest BCUT2D eigenvalue weighted by Gasteiger charge is -2.27. The Kier molecular flexibility index (Phi) is 5.17. The van der Waals surface area contributed by atoms with Gasteiger partial charge in [0.15, 0.2) is 17.8 Å². The molecule has 0 aliphatic carbocycles. The van der Waals surface area contributed by atoms with E-state index in [2.05, 4.69) is 9.97 Å². The van der Waals surface area contributed by atoms with Crippen LogP contribution in [0.3, 0.4) is 0 Å². The van der Waals surface area contributed by atoms with E-state index in [0.29, 0.717) is 15.6 Å². The summed E-state index contributed by atoms with van der Waals surface area (Å²) in [6.07, 6.45) is -1.56. The second-order valence-corrected chi connectivity index (χ2v) is 9.09. The first kappa shape index (κ1) is 21.3. The van der Waals surface area contributed by atoms with Crippen LogP contribution < -0.4 is 0 Å². The highest BCUT2D eigenvalue weighted by atomic mass is 35.5. The number of rotatable bonds is 3. The number of hydrogen-bond donors (Lipinski definition) is 1. The van der Waals surface area contributed by atoms with Crippen molar-refractivity contribution in [2.75, 3.05) is 0 Å². The summed E-state index contributed by atoms with van der Waals surface area (Å²) in [5, 5.41) is 11.8. The first-order chi connectivity index (χ1) is 14.7. The first-order valence-corrected chi connectivity index (χ1v) is 10.6. The van der Waals surface area contributed by atoms with Crippen LogP contribution in [0.25, 0.3) is 11.0 Å². The molecule has 3 aromatic rings. The van der Waals surface area contributed by atoms with Gasteiger partial charge in [-0.15, -0.1) is 0 Å². The fourth-order valence-electron chi connectivity index (χ4n) is 4.17. The van der Waals surface area contributed by atoms with Gasteiger partial charge in [0.1, 0.15) is 41.5 Å². The number of fused-ring (bicyclic) bond motifs is 2. The molecule has 2 aromatic heterocycles. The van der Waals surface area contributed by atoms with E-state index in [-0.39, 0.29) is 16.2 Å². The van der Waals surface area contributed by atoms with E-state index in [1.165, 1.54) is 17.1 Å². The zero-order valence-corrected chi connectivity index (χ0v) is 18.6. The molecule has 0 amide bonds. The molecule has 11 heteroatoms. The van der Waals surface area contributed by atoms with Crippen molar-refractivity contribution in [2.24, 2.45) is 0 Å². The minimum atomic E-state index is -1.10. The Balaban J connectivity index is 1.56. The molecular formula is C20H17Cl3FN3O4. The van der Waals surface area contributed by atoms with Crippen molar-refractivity contribution in [1.82, 2.24) is 14.5 Å². The van der Waals surface area contributed by atoms with Crippen molar-refractivity contribution in [3.8, 4) is 0 Å². The van der Waals surface area contributed by atoms with Gasteiger partial charge in [-0.05, 0) is 31.5 Å². The number of aromatic nitrogens is 3. The van der Waals surface area contributed by atoms with Gasteiger partial charge in [-0.1, -0.05) is 40.9 Å². The molecule has 164 valence electrons. The Morgan fingerprint density at radius 1 is 1.13 bits per heavy atom. The molecule has 31 heavy (non-hydrogen) atoms. The molecule has 1 aromatic carbocycles. The van der Waals surface area contributed by atoms with Gasteiger partial charge in [0.25, 0.3) is 0 Å². The second-order valence-electron chi connectivity index (χ2n) is 7.92. The normalized spacial score (nSPS) is 28.2. The summed E-state index contributed by atoms with van der Waals surface area (Å²) in [6, 6.07) is 4.82. The Morgan fingerprint density at radius 2 is 1.87 bits per heavy atom. The summed E-state index contributed by atoms with van der Waals surface area (Å²) in [4.78, 5) is 8.00. The average molecular weight is 489 g/mol. The molecule has 0 saturated carbocycles. The van der Waals surface area contributed by atoms with Crippen LogP contribution in [-0.2, 0) is 14.2 Å². The zero-order chi connectivity index (χ0) is 22.1. The van der Waals surface area contributed by atoms with E-state index in [1.807, 2.05) is 0 Å². The standard InChI is InChI=1S/C20H17Cl3FN3O4/c1-20(2)30-15-14(13(28)8-3-4-9(21)10(22)5-8)29-19(16(15)31-20)27-6-11(24)12-17(23)25-7-26-18(12)27/h3-7,13-16,19,28H,1-2H3/t13-,14-,15-,16-,19-/m1/s1. The van der Waals surface area contributed by atoms with Crippen LogP contribution in [0, 0.1) is 5.82 Å². The lowest BCUT2D eigenvalue weighted by Crippen LogP contribution is -2.34. The molecule has 2 aliphatic rings. The Morgan fingerprint density at radius 3 is 2.61 bits per heavy atom. The summed E-state index contributed by atoms with van der Waals surface area (Å²) in [7, 11) is 0. The SMILES string of the molecule is CC1(C)O[C@H]2[C@@H](O1)[C@H](n1cc(F)c3c(Cl)ncnc31)O[C@@H]2[C@H](O)c1ccc(Cl)c(Cl)c1. The van der Waals surface area contributed by atoms with E-state index in [0.717, 1.165) is 0 Å². The van der Waals surface area contributed by atoms with Gasteiger partial charge in [-0.25, -0.2) is 14.4 Å². The number of nitrogens with zero attached hydrogens (tertiary/aromatic N) is 3. The number of aliphatic hydroxyl groups excluding tert-OH is 1. The molecule has 2 saturated heterocycles. The van der Waals surface area contributed by atoms with Crippen molar-refractivity contribution >= 4 is 45.8 Å². The van der Waals surface area contributed by atoms with Crippen molar-refractivity contribution in [3.63, 3.8) is 0 Å². The second kappa shape index (κ2) is 7.52. The number of benzene rings is 1. The molecular weight excluding hydrogens is 472 g/mol. The maximum atomic E-state index is 14.6. The molecule has 2 aliphatic heterocycles. The highest BCUT2D eigenvalue weighted by Crippen LogP contribution is 2.47. The Bertz CT molecular complexity index is 1170. The van der Waals surface area contributed by atoms with Crippen molar-refractivity contribution in [3.05, 3.63) is 57.3 Å². The minimum absolute atomic E-state index is 0.00731. The van der Waals surface area contributed by atoms with E-state index in [4.69, 9.17) is 49.0 Å². The smallest absolute Gasteiger partial charge is 0.165 e. The summed E-state index contributed by atoms with van der Waals surface area (Å²) < 4.78 is 34.4. The summed E-state index contributed by atoms with van der Waals surface area (Å²) in [5.41, 5.74) is 0.750.